The third-order valence-corrected chi connectivity index (χ3v) is 3.15. The molecule has 0 aliphatic carbocycles. The number of hydrogen-bond donors (Lipinski definition) is 0. The summed E-state index contributed by atoms with van der Waals surface area (Å²) < 4.78 is 19.0. The highest BCUT2D eigenvalue weighted by Crippen LogP contribution is 2.32. The first-order chi connectivity index (χ1) is 9.02. The van der Waals surface area contributed by atoms with Crippen LogP contribution in [0.25, 0.3) is 11.1 Å². The molecule has 4 heteroatoms. The number of Topliss-reactive ketones (excluding diaryl/α,β-unsaturated/α-hetero) is 1. The van der Waals surface area contributed by atoms with Crippen LogP contribution in [-0.4, -0.2) is 12.9 Å². The fraction of sp³-hybridized carbons (Fsp3) is 0.133. The van der Waals surface area contributed by atoms with E-state index in [9.17, 15) is 9.18 Å². The number of methoxy groups -OCH3 is 1. The molecule has 0 N–H and O–H groups in total. The second-order valence-electron chi connectivity index (χ2n) is 4.10. The smallest absolute Gasteiger partial charge is 0.159 e. The van der Waals surface area contributed by atoms with E-state index in [4.69, 9.17) is 16.3 Å². The van der Waals surface area contributed by atoms with Gasteiger partial charge < -0.3 is 4.74 Å². The van der Waals surface area contributed by atoms with E-state index >= 15 is 0 Å². The van der Waals surface area contributed by atoms with Crippen molar-refractivity contribution in [2.75, 3.05) is 7.11 Å². The summed E-state index contributed by atoms with van der Waals surface area (Å²) in [5.74, 6) is -0.0386. The lowest BCUT2D eigenvalue weighted by molar-refractivity contribution is 0.101. The van der Waals surface area contributed by atoms with Crippen LogP contribution in [0, 0.1) is 5.82 Å². The van der Waals surface area contributed by atoms with E-state index in [0.717, 1.165) is 0 Å². The molecule has 0 aliphatic heterocycles. The summed E-state index contributed by atoms with van der Waals surface area (Å²) in [5, 5.41) is 0.453. The summed E-state index contributed by atoms with van der Waals surface area (Å²) in [6.07, 6.45) is 0. The quantitative estimate of drug-likeness (QED) is 0.780. The fourth-order valence-corrected chi connectivity index (χ4v) is 1.99. The van der Waals surface area contributed by atoms with Crippen molar-refractivity contribution < 1.29 is 13.9 Å². The molecule has 2 nitrogen and oxygen atoms in total. The van der Waals surface area contributed by atoms with E-state index in [1.807, 2.05) is 0 Å². The molecule has 0 saturated heterocycles. The number of ether oxygens (including phenoxy) is 1. The number of ketones is 1. The Balaban J connectivity index is 2.57. The van der Waals surface area contributed by atoms with Gasteiger partial charge in [0.1, 0.15) is 11.6 Å². The zero-order chi connectivity index (χ0) is 14.0. The highest BCUT2D eigenvalue weighted by molar-refractivity contribution is 6.32. The molecule has 19 heavy (non-hydrogen) atoms. The molecule has 2 aromatic rings. The minimum absolute atomic E-state index is 0.109. The molecule has 2 rings (SSSR count). The van der Waals surface area contributed by atoms with E-state index in [2.05, 4.69) is 0 Å². The third-order valence-electron chi connectivity index (χ3n) is 2.84. The van der Waals surface area contributed by atoms with Gasteiger partial charge in [0, 0.05) is 11.1 Å². The predicted molar refractivity (Wildman–Crippen MR) is 73.4 cm³/mol. The first kappa shape index (κ1) is 13.6. The van der Waals surface area contributed by atoms with Crippen molar-refractivity contribution in [3.8, 4) is 16.9 Å². The number of carbonyl (C=O) groups excluding carboxylic acids is 1. The van der Waals surface area contributed by atoms with Gasteiger partial charge in [-0.25, -0.2) is 4.39 Å². The molecule has 0 fully saturated rings. The predicted octanol–water partition coefficient (Wildman–Crippen LogP) is 4.36. The van der Waals surface area contributed by atoms with Gasteiger partial charge in [0.25, 0.3) is 0 Å². The van der Waals surface area contributed by atoms with Gasteiger partial charge in [-0.15, -0.1) is 0 Å². The first-order valence-electron chi connectivity index (χ1n) is 5.67. The van der Waals surface area contributed by atoms with Crippen molar-refractivity contribution in [1.82, 2.24) is 0 Å². The van der Waals surface area contributed by atoms with Crippen LogP contribution in [0.3, 0.4) is 0 Å². The minimum atomic E-state index is -0.394. The van der Waals surface area contributed by atoms with Crippen molar-refractivity contribution in [1.29, 1.82) is 0 Å². The first-order valence-corrected chi connectivity index (χ1v) is 6.05. The average molecular weight is 279 g/mol. The second kappa shape index (κ2) is 5.41. The van der Waals surface area contributed by atoms with Gasteiger partial charge in [-0.1, -0.05) is 17.7 Å². The molecule has 98 valence electrons. The summed E-state index contributed by atoms with van der Waals surface area (Å²) in [6.45, 7) is 1.44. The highest BCUT2D eigenvalue weighted by Gasteiger charge is 2.10. The van der Waals surface area contributed by atoms with Crippen LogP contribution in [0.4, 0.5) is 4.39 Å². The van der Waals surface area contributed by atoms with Gasteiger partial charge >= 0.3 is 0 Å². The summed E-state index contributed by atoms with van der Waals surface area (Å²) in [4.78, 5) is 11.3. The molecule has 0 heterocycles. The van der Waals surface area contributed by atoms with E-state index in [-0.39, 0.29) is 5.78 Å². The van der Waals surface area contributed by atoms with Crippen LogP contribution in [0.5, 0.6) is 5.75 Å². The molecule has 0 amide bonds. The monoisotopic (exact) mass is 278 g/mol. The second-order valence-corrected chi connectivity index (χ2v) is 4.51. The molecule has 0 radical (unpaired) electrons. The van der Waals surface area contributed by atoms with Crippen LogP contribution < -0.4 is 4.74 Å². The zero-order valence-corrected chi connectivity index (χ0v) is 11.3. The van der Waals surface area contributed by atoms with Crippen LogP contribution in [0.1, 0.15) is 17.3 Å². The molecular formula is C15H12ClFO2. The number of rotatable bonds is 3. The Morgan fingerprint density at radius 3 is 2.58 bits per heavy atom. The third kappa shape index (κ3) is 2.76. The average Bonchev–Trinajstić information content (AvgIpc) is 2.40. The van der Waals surface area contributed by atoms with Crippen LogP contribution >= 0.6 is 11.6 Å². The summed E-state index contributed by atoms with van der Waals surface area (Å²) >= 11 is 5.93. The number of hydrogen-bond acceptors (Lipinski definition) is 2. The van der Waals surface area contributed by atoms with Gasteiger partial charge in [0.2, 0.25) is 0 Å². The molecule has 0 aromatic heterocycles. The SMILES string of the molecule is COc1cc(-c2cc(C(C)=O)ccc2F)ccc1Cl. The van der Waals surface area contributed by atoms with Gasteiger partial charge in [-0.2, -0.15) is 0 Å². The summed E-state index contributed by atoms with van der Waals surface area (Å²) in [5.41, 5.74) is 1.43. The number of halogens is 2. The molecule has 0 aliphatic rings. The van der Waals surface area contributed by atoms with Gasteiger partial charge in [0.05, 0.1) is 12.1 Å². The van der Waals surface area contributed by atoms with E-state index < -0.39 is 5.82 Å². The van der Waals surface area contributed by atoms with E-state index in [0.29, 0.717) is 27.5 Å². The molecule has 0 atom stereocenters. The van der Waals surface area contributed by atoms with Crippen molar-refractivity contribution in [2.45, 2.75) is 6.92 Å². The number of benzene rings is 2. The van der Waals surface area contributed by atoms with Crippen molar-refractivity contribution in [3.05, 3.63) is 52.8 Å². The standard InChI is InChI=1S/C15H12ClFO2/c1-9(18)10-4-6-14(17)12(7-10)11-3-5-13(16)15(8-11)19-2/h3-8H,1-2H3. The maximum Gasteiger partial charge on any atom is 0.159 e. The van der Waals surface area contributed by atoms with Crippen molar-refractivity contribution >= 4 is 17.4 Å². The van der Waals surface area contributed by atoms with Gasteiger partial charge in [-0.3, -0.25) is 4.79 Å². The highest BCUT2D eigenvalue weighted by atomic mass is 35.5. The molecule has 0 spiro atoms. The van der Waals surface area contributed by atoms with Crippen LogP contribution in [-0.2, 0) is 0 Å². The van der Waals surface area contributed by atoms with Crippen LogP contribution in [0.2, 0.25) is 5.02 Å². The topological polar surface area (TPSA) is 26.3 Å². The molecule has 0 saturated carbocycles. The van der Waals surface area contributed by atoms with E-state index in [1.54, 1.807) is 18.2 Å². The lowest BCUT2D eigenvalue weighted by Crippen LogP contribution is -1.95. The molecular weight excluding hydrogens is 267 g/mol. The Hall–Kier alpha value is -1.87. The maximum atomic E-state index is 13.9. The Bertz CT molecular complexity index is 638. The Morgan fingerprint density at radius 2 is 1.95 bits per heavy atom. The summed E-state index contributed by atoms with van der Waals surface area (Å²) in [6, 6.07) is 9.25. The molecule has 2 aromatic carbocycles. The van der Waals surface area contributed by atoms with Gasteiger partial charge in [0.15, 0.2) is 5.78 Å². The maximum absolute atomic E-state index is 13.9. The molecule has 0 bridgehead atoms. The largest absolute Gasteiger partial charge is 0.495 e. The summed E-state index contributed by atoms with van der Waals surface area (Å²) in [7, 11) is 1.49. The lowest BCUT2D eigenvalue weighted by atomic mass is 10.0. The fourth-order valence-electron chi connectivity index (χ4n) is 1.79. The van der Waals surface area contributed by atoms with Gasteiger partial charge in [-0.05, 0) is 42.8 Å². The number of carbonyl (C=O) groups is 1. The van der Waals surface area contributed by atoms with Crippen molar-refractivity contribution in [3.63, 3.8) is 0 Å². The van der Waals surface area contributed by atoms with E-state index in [1.165, 1.54) is 32.2 Å². The minimum Gasteiger partial charge on any atom is -0.495 e. The Labute approximate surface area is 115 Å². The van der Waals surface area contributed by atoms with Crippen molar-refractivity contribution in [2.24, 2.45) is 0 Å². The molecule has 0 unspecified atom stereocenters. The zero-order valence-electron chi connectivity index (χ0n) is 10.5. The lowest BCUT2D eigenvalue weighted by Gasteiger charge is -2.08. The normalized spacial score (nSPS) is 10.3. The Morgan fingerprint density at radius 1 is 1.21 bits per heavy atom. The van der Waals surface area contributed by atoms with Crippen LogP contribution in [0.15, 0.2) is 36.4 Å². The Kier molecular flexibility index (Phi) is 3.86.